The molecule has 2 rings (SSSR count). The summed E-state index contributed by atoms with van der Waals surface area (Å²) in [6.45, 7) is 4.35. The molecule has 0 unspecified atom stereocenters. The molecule has 1 aliphatic heterocycles. The van der Waals surface area contributed by atoms with E-state index >= 15 is 0 Å². The SMILES string of the molecule is CCC[C@H]1NC(=O)N(Cc2ccccc2C)C1=O. The second kappa shape index (κ2) is 5.21. The molecule has 4 heteroatoms. The zero-order chi connectivity index (χ0) is 13.1. The summed E-state index contributed by atoms with van der Waals surface area (Å²) in [7, 11) is 0. The Kier molecular flexibility index (Phi) is 3.65. The number of carbonyl (C=O) groups is 2. The van der Waals surface area contributed by atoms with Gasteiger partial charge >= 0.3 is 6.03 Å². The fourth-order valence-corrected chi connectivity index (χ4v) is 2.17. The highest BCUT2D eigenvalue weighted by atomic mass is 16.2. The molecule has 18 heavy (non-hydrogen) atoms. The van der Waals surface area contributed by atoms with Gasteiger partial charge in [0.1, 0.15) is 6.04 Å². The summed E-state index contributed by atoms with van der Waals surface area (Å²) in [5.74, 6) is -0.106. The Labute approximate surface area is 107 Å². The minimum absolute atomic E-state index is 0.106. The number of imide groups is 1. The van der Waals surface area contributed by atoms with Gasteiger partial charge in [-0.3, -0.25) is 9.69 Å². The second-order valence-corrected chi connectivity index (χ2v) is 4.64. The molecule has 0 spiro atoms. The highest BCUT2D eigenvalue weighted by molar-refractivity contribution is 6.04. The van der Waals surface area contributed by atoms with Crippen molar-refractivity contribution >= 4 is 11.9 Å². The Hall–Kier alpha value is -1.84. The third kappa shape index (κ3) is 2.37. The predicted octanol–water partition coefficient (Wildman–Crippen LogP) is 2.22. The van der Waals surface area contributed by atoms with Crippen molar-refractivity contribution < 1.29 is 9.59 Å². The molecule has 4 nitrogen and oxygen atoms in total. The van der Waals surface area contributed by atoms with Gasteiger partial charge in [0.2, 0.25) is 0 Å². The maximum atomic E-state index is 12.1. The van der Waals surface area contributed by atoms with E-state index in [9.17, 15) is 9.59 Å². The van der Waals surface area contributed by atoms with E-state index in [-0.39, 0.29) is 18.0 Å². The van der Waals surface area contributed by atoms with Crippen LogP contribution in [0.1, 0.15) is 30.9 Å². The van der Waals surface area contributed by atoms with Crippen LogP contribution < -0.4 is 5.32 Å². The van der Waals surface area contributed by atoms with Crippen LogP contribution in [-0.2, 0) is 11.3 Å². The standard InChI is InChI=1S/C14H18N2O2/c1-3-6-12-13(17)16(14(18)15-12)9-11-8-5-4-7-10(11)2/h4-5,7-8,12H,3,6,9H2,1-2H3,(H,15,18)/t12-/m1/s1. The molecule has 1 N–H and O–H groups in total. The molecule has 0 aliphatic carbocycles. The molecule has 0 radical (unpaired) electrons. The number of amides is 3. The predicted molar refractivity (Wildman–Crippen MR) is 69.0 cm³/mol. The van der Waals surface area contributed by atoms with Crippen LogP contribution >= 0.6 is 0 Å². The van der Waals surface area contributed by atoms with Crippen LogP contribution in [0.5, 0.6) is 0 Å². The number of nitrogens with one attached hydrogen (secondary N) is 1. The lowest BCUT2D eigenvalue weighted by molar-refractivity contribution is -0.128. The van der Waals surface area contributed by atoms with Crippen molar-refractivity contribution in [3.63, 3.8) is 0 Å². The molecular formula is C14H18N2O2. The van der Waals surface area contributed by atoms with Crippen molar-refractivity contribution in [3.05, 3.63) is 35.4 Å². The molecule has 0 saturated carbocycles. The number of hydrogen-bond acceptors (Lipinski definition) is 2. The number of aryl methyl sites for hydroxylation is 1. The van der Waals surface area contributed by atoms with Crippen molar-refractivity contribution in [2.75, 3.05) is 0 Å². The summed E-state index contributed by atoms with van der Waals surface area (Å²) in [5, 5.41) is 2.73. The Morgan fingerprint density at radius 1 is 1.28 bits per heavy atom. The molecular weight excluding hydrogens is 228 g/mol. The van der Waals surface area contributed by atoms with Crippen molar-refractivity contribution in [2.45, 2.75) is 39.3 Å². The van der Waals surface area contributed by atoms with E-state index in [1.54, 1.807) is 0 Å². The lowest BCUT2D eigenvalue weighted by Crippen LogP contribution is -2.31. The highest BCUT2D eigenvalue weighted by Gasteiger charge is 2.37. The van der Waals surface area contributed by atoms with Crippen LogP contribution in [0.25, 0.3) is 0 Å². The van der Waals surface area contributed by atoms with Crippen molar-refractivity contribution in [1.29, 1.82) is 0 Å². The maximum absolute atomic E-state index is 12.1. The Morgan fingerprint density at radius 2 is 2.00 bits per heavy atom. The first-order chi connectivity index (χ1) is 8.63. The fourth-order valence-electron chi connectivity index (χ4n) is 2.17. The van der Waals surface area contributed by atoms with Crippen LogP contribution in [0, 0.1) is 6.92 Å². The fraction of sp³-hybridized carbons (Fsp3) is 0.429. The van der Waals surface area contributed by atoms with Gasteiger partial charge in [-0.05, 0) is 24.5 Å². The van der Waals surface area contributed by atoms with Gasteiger partial charge < -0.3 is 5.32 Å². The molecule has 3 amide bonds. The van der Waals surface area contributed by atoms with E-state index in [0.29, 0.717) is 13.0 Å². The first-order valence-electron chi connectivity index (χ1n) is 6.30. The molecule has 1 fully saturated rings. The maximum Gasteiger partial charge on any atom is 0.325 e. The highest BCUT2D eigenvalue weighted by Crippen LogP contribution is 2.16. The van der Waals surface area contributed by atoms with Gasteiger partial charge in [0.05, 0.1) is 6.54 Å². The number of urea groups is 1. The lowest BCUT2D eigenvalue weighted by Gasteiger charge is -2.14. The van der Waals surface area contributed by atoms with Crippen LogP contribution in [0.4, 0.5) is 4.79 Å². The molecule has 0 aromatic heterocycles. The minimum atomic E-state index is -0.341. The Balaban J connectivity index is 2.12. The first kappa shape index (κ1) is 12.6. The summed E-state index contributed by atoms with van der Waals surface area (Å²) in [5.41, 5.74) is 2.11. The number of rotatable bonds is 4. The molecule has 1 saturated heterocycles. The second-order valence-electron chi connectivity index (χ2n) is 4.64. The monoisotopic (exact) mass is 246 g/mol. The van der Waals surface area contributed by atoms with Gasteiger partial charge in [-0.25, -0.2) is 4.79 Å². The molecule has 1 aliphatic rings. The molecule has 1 aromatic carbocycles. The summed E-state index contributed by atoms with van der Waals surface area (Å²) >= 11 is 0. The van der Waals surface area contributed by atoms with Gasteiger partial charge in [-0.1, -0.05) is 37.6 Å². The summed E-state index contributed by atoms with van der Waals surface area (Å²) in [6.07, 6.45) is 1.59. The molecule has 1 aromatic rings. The third-order valence-electron chi connectivity index (χ3n) is 3.27. The lowest BCUT2D eigenvalue weighted by atomic mass is 10.1. The molecule has 1 atom stereocenters. The minimum Gasteiger partial charge on any atom is -0.326 e. The van der Waals surface area contributed by atoms with Gasteiger partial charge in [0.25, 0.3) is 5.91 Å². The Bertz CT molecular complexity index is 471. The molecule has 96 valence electrons. The van der Waals surface area contributed by atoms with Crippen LogP contribution in [0.2, 0.25) is 0 Å². The summed E-state index contributed by atoms with van der Waals surface area (Å²) < 4.78 is 0. The van der Waals surface area contributed by atoms with E-state index < -0.39 is 0 Å². The first-order valence-corrected chi connectivity index (χ1v) is 6.30. The van der Waals surface area contributed by atoms with E-state index in [1.165, 1.54) is 4.90 Å². The smallest absolute Gasteiger partial charge is 0.325 e. The van der Waals surface area contributed by atoms with E-state index in [0.717, 1.165) is 17.5 Å². The van der Waals surface area contributed by atoms with E-state index in [4.69, 9.17) is 0 Å². The average Bonchev–Trinajstić information content (AvgIpc) is 2.60. The summed E-state index contributed by atoms with van der Waals surface area (Å²) in [6, 6.07) is 7.18. The van der Waals surface area contributed by atoms with Gasteiger partial charge in [0, 0.05) is 0 Å². The zero-order valence-electron chi connectivity index (χ0n) is 10.8. The van der Waals surface area contributed by atoms with E-state index in [1.807, 2.05) is 38.1 Å². The van der Waals surface area contributed by atoms with Crippen LogP contribution in [0.15, 0.2) is 24.3 Å². The molecule has 1 heterocycles. The third-order valence-corrected chi connectivity index (χ3v) is 3.27. The molecule has 0 bridgehead atoms. The van der Waals surface area contributed by atoms with Gasteiger partial charge in [-0.15, -0.1) is 0 Å². The number of nitrogens with zero attached hydrogens (tertiary/aromatic N) is 1. The van der Waals surface area contributed by atoms with Gasteiger partial charge in [0.15, 0.2) is 0 Å². The Morgan fingerprint density at radius 3 is 2.67 bits per heavy atom. The summed E-state index contributed by atoms with van der Waals surface area (Å²) in [4.78, 5) is 25.2. The largest absolute Gasteiger partial charge is 0.326 e. The normalized spacial score (nSPS) is 19.2. The van der Waals surface area contributed by atoms with Crippen molar-refractivity contribution in [3.8, 4) is 0 Å². The van der Waals surface area contributed by atoms with Crippen molar-refractivity contribution in [2.24, 2.45) is 0 Å². The number of carbonyl (C=O) groups excluding carboxylic acids is 2. The topological polar surface area (TPSA) is 49.4 Å². The van der Waals surface area contributed by atoms with Crippen LogP contribution in [-0.4, -0.2) is 22.9 Å². The van der Waals surface area contributed by atoms with Gasteiger partial charge in [-0.2, -0.15) is 0 Å². The number of benzene rings is 1. The van der Waals surface area contributed by atoms with Crippen LogP contribution in [0.3, 0.4) is 0 Å². The average molecular weight is 246 g/mol. The van der Waals surface area contributed by atoms with E-state index in [2.05, 4.69) is 5.32 Å². The zero-order valence-corrected chi connectivity index (χ0v) is 10.8. The number of hydrogen-bond donors (Lipinski definition) is 1. The quantitative estimate of drug-likeness (QED) is 0.828. The van der Waals surface area contributed by atoms with Crippen molar-refractivity contribution in [1.82, 2.24) is 10.2 Å².